The Bertz CT molecular complexity index is 1130. The number of nitrogens with zero attached hydrogens (tertiary/aromatic N) is 1. The van der Waals surface area contributed by atoms with Crippen LogP contribution in [-0.4, -0.2) is 75.4 Å². The molecule has 2 heterocycles. The molecule has 0 amide bonds. The number of methoxy groups -OCH3 is 1. The number of halogens is 1. The van der Waals surface area contributed by atoms with Crippen molar-refractivity contribution in [2.75, 3.05) is 13.7 Å². The average molecular weight is 464 g/mol. The van der Waals surface area contributed by atoms with Crippen molar-refractivity contribution in [3.05, 3.63) is 59.2 Å². The van der Waals surface area contributed by atoms with Crippen LogP contribution in [0.5, 0.6) is 5.75 Å². The predicted molar refractivity (Wildman–Crippen MR) is 114 cm³/mol. The monoisotopic (exact) mass is 463 g/mol. The number of aromatic nitrogens is 1. The van der Waals surface area contributed by atoms with Crippen molar-refractivity contribution in [2.45, 2.75) is 30.7 Å². The van der Waals surface area contributed by atoms with Crippen molar-refractivity contribution in [1.29, 1.82) is 0 Å². The number of hydrogen-bond donors (Lipinski definition) is 4. The number of aliphatic hydroxyl groups is 4. The number of carbonyl (C=O) groups excluding carboxylic acids is 1. The third kappa shape index (κ3) is 4.06. The summed E-state index contributed by atoms with van der Waals surface area (Å²) in [7, 11) is 1.33. The Kier molecular flexibility index (Phi) is 6.38. The summed E-state index contributed by atoms with van der Waals surface area (Å²) in [5, 5.41) is 40.3. The van der Waals surface area contributed by atoms with Gasteiger partial charge in [0.15, 0.2) is 0 Å². The summed E-state index contributed by atoms with van der Waals surface area (Å²) in [6, 6.07) is 12.0. The maximum atomic E-state index is 11.7. The minimum Gasteiger partial charge on any atom is -0.465 e. The van der Waals surface area contributed by atoms with E-state index in [0.717, 1.165) is 16.6 Å². The van der Waals surface area contributed by atoms with Gasteiger partial charge in [-0.1, -0.05) is 11.6 Å². The second kappa shape index (κ2) is 9.07. The predicted octanol–water partition coefficient (Wildman–Crippen LogP) is 1.25. The van der Waals surface area contributed by atoms with E-state index in [-0.39, 0.29) is 10.8 Å². The fourth-order valence-corrected chi connectivity index (χ4v) is 3.86. The molecule has 0 spiro atoms. The van der Waals surface area contributed by atoms with Crippen LogP contribution < -0.4 is 4.74 Å². The first-order valence-corrected chi connectivity index (χ1v) is 10.2. The van der Waals surface area contributed by atoms with Gasteiger partial charge in [-0.05, 0) is 42.5 Å². The number of benzene rings is 2. The lowest BCUT2D eigenvalue weighted by atomic mass is 9.99. The first-order valence-electron chi connectivity index (χ1n) is 9.80. The molecule has 4 rings (SSSR count). The molecule has 1 aliphatic heterocycles. The van der Waals surface area contributed by atoms with Crippen LogP contribution in [0.4, 0.5) is 0 Å². The van der Waals surface area contributed by atoms with Crippen LogP contribution in [-0.2, 0) is 9.47 Å². The van der Waals surface area contributed by atoms with E-state index in [9.17, 15) is 25.2 Å². The van der Waals surface area contributed by atoms with Gasteiger partial charge in [-0.25, -0.2) is 4.79 Å². The highest BCUT2D eigenvalue weighted by Crippen LogP contribution is 2.32. The highest BCUT2D eigenvalue weighted by Gasteiger charge is 2.44. The maximum absolute atomic E-state index is 11.7. The zero-order valence-corrected chi connectivity index (χ0v) is 17.7. The van der Waals surface area contributed by atoms with Gasteiger partial charge in [-0.3, -0.25) is 0 Å². The van der Waals surface area contributed by atoms with Gasteiger partial charge in [0.25, 0.3) is 0 Å². The van der Waals surface area contributed by atoms with E-state index in [1.54, 1.807) is 36.4 Å². The molecule has 0 radical (unpaired) electrons. The number of rotatable bonds is 5. The fourth-order valence-electron chi connectivity index (χ4n) is 3.64. The quantitative estimate of drug-likeness (QED) is 0.416. The summed E-state index contributed by atoms with van der Waals surface area (Å²) in [6.45, 7) is -0.560. The molecule has 10 heteroatoms. The van der Waals surface area contributed by atoms with Gasteiger partial charge >= 0.3 is 5.97 Å². The standard InChI is InChI=1S/C22H22ClNO8/c1-30-21(29)12-2-4-15-11(8-12)6-7-24(15)13-3-5-16(14(23)9-13)31-22-20(28)19(27)18(26)17(10-25)32-22/h2-9,17-20,22,25-28H,10H2,1H3/t17?,18-,19?,20?,22+/m1/s1. The maximum Gasteiger partial charge on any atom is 0.337 e. The molecule has 1 aliphatic rings. The fraction of sp³-hybridized carbons (Fsp3) is 0.318. The van der Waals surface area contributed by atoms with Crippen LogP contribution in [0.3, 0.4) is 0 Å². The van der Waals surface area contributed by atoms with Crippen LogP contribution in [0.2, 0.25) is 5.02 Å². The van der Waals surface area contributed by atoms with E-state index in [4.69, 9.17) is 25.8 Å². The average Bonchev–Trinajstić information content (AvgIpc) is 3.23. The third-order valence-electron chi connectivity index (χ3n) is 5.40. The third-order valence-corrected chi connectivity index (χ3v) is 5.69. The van der Waals surface area contributed by atoms with Crippen LogP contribution >= 0.6 is 11.6 Å². The molecule has 5 atom stereocenters. The zero-order valence-electron chi connectivity index (χ0n) is 17.0. The molecular weight excluding hydrogens is 442 g/mol. The van der Waals surface area contributed by atoms with Gasteiger partial charge in [0, 0.05) is 17.3 Å². The first kappa shape index (κ1) is 22.5. The minimum absolute atomic E-state index is 0.184. The van der Waals surface area contributed by atoms with Gasteiger partial charge < -0.3 is 39.2 Å². The normalized spacial score (nSPS) is 25.6. The first-order chi connectivity index (χ1) is 15.3. The van der Waals surface area contributed by atoms with Gasteiger partial charge in [0.2, 0.25) is 6.29 Å². The van der Waals surface area contributed by atoms with Crippen molar-refractivity contribution in [2.24, 2.45) is 0 Å². The molecule has 170 valence electrons. The Morgan fingerprint density at radius 2 is 1.88 bits per heavy atom. The van der Waals surface area contributed by atoms with Crippen LogP contribution in [0.15, 0.2) is 48.7 Å². The molecule has 1 saturated heterocycles. The molecule has 1 fully saturated rings. The Morgan fingerprint density at radius 1 is 1.09 bits per heavy atom. The molecule has 32 heavy (non-hydrogen) atoms. The van der Waals surface area contributed by atoms with E-state index >= 15 is 0 Å². The van der Waals surface area contributed by atoms with Gasteiger partial charge in [-0.15, -0.1) is 0 Å². The van der Waals surface area contributed by atoms with Crippen molar-refractivity contribution in [3.63, 3.8) is 0 Å². The summed E-state index contributed by atoms with van der Waals surface area (Å²) < 4.78 is 17.6. The summed E-state index contributed by atoms with van der Waals surface area (Å²) in [5.41, 5.74) is 2.01. The summed E-state index contributed by atoms with van der Waals surface area (Å²) in [4.78, 5) is 11.7. The van der Waals surface area contributed by atoms with Crippen molar-refractivity contribution in [1.82, 2.24) is 4.57 Å². The molecule has 3 aromatic rings. The van der Waals surface area contributed by atoms with E-state index < -0.39 is 43.3 Å². The lowest BCUT2D eigenvalue weighted by Gasteiger charge is -2.39. The lowest BCUT2D eigenvalue weighted by Crippen LogP contribution is -2.60. The number of fused-ring (bicyclic) bond motifs is 1. The topological polar surface area (TPSA) is 131 Å². The number of aliphatic hydroxyl groups excluding tert-OH is 4. The summed E-state index contributed by atoms with van der Waals surface area (Å²) in [5.74, 6) is -0.235. The summed E-state index contributed by atoms with van der Waals surface area (Å²) >= 11 is 6.39. The van der Waals surface area contributed by atoms with Gasteiger partial charge in [0.1, 0.15) is 30.2 Å². The number of esters is 1. The summed E-state index contributed by atoms with van der Waals surface area (Å²) in [6.07, 6.45) is -5.16. The van der Waals surface area contributed by atoms with Crippen LogP contribution in [0.25, 0.3) is 16.6 Å². The molecule has 0 saturated carbocycles. The molecule has 4 N–H and O–H groups in total. The Balaban J connectivity index is 1.58. The Morgan fingerprint density at radius 3 is 2.56 bits per heavy atom. The van der Waals surface area contributed by atoms with Crippen LogP contribution in [0.1, 0.15) is 10.4 Å². The molecule has 2 aromatic carbocycles. The molecular formula is C22H22ClNO8. The highest BCUT2D eigenvalue weighted by atomic mass is 35.5. The Labute approximate surface area is 187 Å². The number of carbonyl (C=O) groups is 1. The minimum atomic E-state index is -1.55. The molecule has 0 bridgehead atoms. The van der Waals surface area contributed by atoms with E-state index in [2.05, 4.69) is 0 Å². The van der Waals surface area contributed by atoms with Crippen molar-refractivity contribution < 1.29 is 39.4 Å². The highest BCUT2D eigenvalue weighted by molar-refractivity contribution is 6.32. The zero-order chi connectivity index (χ0) is 23.0. The van der Waals surface area contributed by atoms with E-state index in [0.29, 0.717) is 5.56 Å². The van der Waals surface area contributed by atoms with E-state index in [1.165, 1.54) is 7.11 Å². The smallest absolute Gasteiger partial charge is 0.337 e. The largest absolute Gasteiger partial charge is 0.465 e. The second-order valence-electron chi connectivity index (χ2n) is 7.38. The SMILES string of the molecule is COC(=O)c1ccc2c(ccn2-c2ccc(O[C@H]3OC(CO)[C@@H](O)C(O)C3O)c(Cl)c2)c1. The molecule has 9 nitrogen and oxygen atoms in total. The molecule has 0 aliphatic carbocycles. The van der Waals surface area contributed by atoms with Gasteiger partial charge in [-0.2, -0.15) is 0 Å². The second-order valence-corrected chi connectivity index (χ2v) is 7.79. The van der Waals surface area contributed by atoms with E-state index in [1.807, 2.05) is 16.8 Å². The molecule has 3 unspecified atom stereocenters. The van der Waals surface area contributed by atoms with Crippen molar-refractivity contribution >= 4 is 28.5 Å². The number of ether oxygens (including phenoxy) is 3. The number of hydrogen-bond acceptors (Lipinski definition) is 8. The van der Waals surface area contributed by atoms with Crippen LogP contribution in [0, 0.1) is 0 Å². The lowest BCUT2D eigenvalue weighted by molar-refractivity contribution is -0.277. The Hall–Kier alpha value is -2.66. The molecule has 1 aromatic heterocycles. The van der Waals surface area contributed by atoms with Crippen molar-refractivity contribution in [3.8, 4) is 11.4 Å². The van der Waals surface area contributed by atoms with Gasteiger partial charge in [0.05, 0.1) is 29.8 Å².